The van der Waals surface area contributed by atoms with Crippen LogP contribution in [-0.4, -0.2) is 50.4 Å². The summed E-state index contributed by atoms with van der Waals surface area (Å²) in [5, 5.41) is 11.4. The van der Waals surface area contributed by atoms with Crippen LogP contribution in [0.25, 0.3) is 5.70 Å². The van der Waals surface area contributed by atoms with Crippen molar-refractivity contribution in [3.63, 3.8) is 0 Å². The number of para-hydroxylation sites is 1. The van der Waals surface area contributed by atoms with Crippen LogP contribution in [0.3, 0.4) is 0 Å². The van der Waals surface area contributed by atoms with Gasteiger partial charge in [-0.15, -0.1) is 0 Å². The number of allylic oxidation sites excluding steroid dienone is 1. The number of carbonyl (C=O) groups is 1. The number of ether oxygens (including phenoxy) is 2. The van der Waals surface area contributed by atoms with Crippen molar-refractivity contribution >= 4 is 29.2 Å². The molecule has 2 heterocycles. The highest BCUT2D eigenvalue weighted by Gasteiger charge is 2.57. The Bertz CT molecular complexity index is 1530. The van der Waals surface area contributed by atoms with Crippen molar-refractivity contribution in [3.8, 4) is 11.5 Å². The van der Waals surface area contributed by atoms with Gasteiger partial charge in [-0.2, -0.15) is 0 Å². The molecule has 2 aliphatic heterocycles. The molecule has 2 N–H and O–H groups in total. The maximum Gasteiger partial charge on any atom is 0.238 e. The lowest BCUT2D eigenvalue weighted by Crippen LogP contribution is -2.63. The molecule has 7 nitrogen and oxygen atoms in total. The topological polar surface area (TPSA) is 77.9 Å². The van der Waals surface area contributed by atoms with Gasteiger partial charge in [-0.3, -0.25) is 4.79 Å². The summed E-state index contributed by atoms with van der Waals surface area (Å²) in [5.74, 6) is 1.74. The molecule has 3 fully saturated rings. The number of fused-ring (bicyclic) bond motifs is 2. The molecule has 0 atom stereocenters. The average molecular weight is 563 g/mol. The van der Waals surface area contributed by atoms with Gasteiger partial charge in [0, 0.05) is 41.7 Å². The Hall–Kier alpha value is -4.10. The fourth-order valence-electron chi connectivity index (χ4n) is 7.55. The first-order chi connectivity index (χ1) is 20.4. The number of benzene rings is 3. The van der Waals surface area contributed by atoms with E-state index >= 15 is 0 Å². The Balaban J connectivity index is 1.29. The van der Waals surface area contributed by atoms with Crippen LogP contribution in [0.15, 0.2) is 72.8 Å². The lowest BCUT2D eigenvalue weighted by Gasteiger charge is -2.57. The first kappa shape index (κ1) is 26.8. The normalized spacial score (nSPS) is 20.5. The number of likely N-dealkylation sites (tertiary alicyclic amines) is 1. The van der Waals surface area contributed by atoms with Gasteiger partial charge in [-0.1, -0.05) is 36.8 Å². The quantitative estimate of drug-likeness (QED) is 0.302. The third-order valence-electron chi connectivity index (χ3n) is 9.66. The minimum absolute atomic E-state index is 0.131. The van der Waals surface area contributed by atoms with E-state index in [1.54, 1.807) is 13.2 Å². The second-order valence-corrected chi connectivity index (χ2v) is 12.6. The summed E-state index contributed by atoms with van der Waals surface area (Å²) < 4.78 is 12.2. The molecule has 4 aliphatic rings. The van der Waals surface area contributed by atoms with Crippen molar-refractivity contribution in [2.75, 3.05) is 37.5 Å². The van der Waals surface area contributed by atoms with Gasteiger partial charge in [0.15, 0.2) is 0 Å². The minimum Gasteiger partial charge on any atom is -0.497 e. The fourth-order valence-corrected chi connectivity index (χ4v) is 7.55. The zero-order valence-electron chi connectivity index (χ0n) is 24.4. The summed E-state index contributed by atoms with van der Waals surface area (Å²) in [6.45, 7) is 2.74. The Morgan fingerprint density at radius 3 is 2.43 bits per heavy atom. The van der Waals surface area contributed by atoms with Gasteiger partial charge in [0.05, 0.1) is 24.8 Å². The molecule has 7 heteroatoms. The molecule has 216 valence electrons. The van der Waals surface area contributed by atoms with Crippen LogP contribution >= 0.6 is 0 Å². The molecule has 2 spiro atoms. The van der Waals surface area contributed by atoms with Crippen molar-refractivity contribution in [2.24, 2.45) is 5.41 Å². The third kappa shape index (κ3) is 4.47. The van der Waals surface area contributed by atoms with Crippen molar-refractivity contribution in [1.82, 2.24) is 4.90 Å². The number of hydrogen-bond donors (Lipinski definition) is 2. The van der Waals surface area contributed by atoms with E-state index in [4.69, 9.17) is 14.9 Å². The summed E-state index contributed by atoms with van der Waals surface area (Å²) in [4.78, 5) is 18.6. The largest absolute Gasteiger partial charge is 0.497 e. The SMILES string of the molecule is COc1ccc(CN2C(=O)C3(CCC3)c3cc(/C(=C/C=N)Nc4ccccc4)cc(OC4CC5(C4)CN(C)C5)c32)cc1. The Kier molecular flexibility index (Phi) is 6.58. The average Bonchev–Trinajstić information content (AvgIpc) is 3.19. The summed E-state index contributed by atoms with van der Waals surface area (Å²) in [6.07, 6.45) is 8.02. The van der Waals surface area contributed by atoms with Crippen LogP contribution < -0.4 is 19.7 Å². The molecule has 0 unspecified atom stereocenters. The number of methoxy groups -OCH3 is 1. The molecule has 42 heavy (non-hydrogen) atoms. The Morgan fingerprint density at radius 2 is 1.81 bits per heavy atom. The van der Waals surface area contributed by atoms with E-state index in [9.17, 15) is 4.79 Å². The number of nitrogens with one attached hydrogen (secondary N) is 2. The minimum atomic E-state index is -0.518. The zero-order valence-corrected chi connectivity index (χ0v) is 24.4. The van der Waals surface area contributed by atoms with Gasteiger partial charge in [-0.05, 0) is 86.3 Å². The summed E-state index contributed by atoms with van der Waals surface area (Å²) >= 11 is 0. The van der Waals surface area contributed by atoms with Crippen LogP contribution in [0.1, 0.15) is 48.8 Å². The number of hydrogen-bond acceptors (Lipinski definition) is 6. The van der Waals surface area contributed by atoms with Crippen molar-refractivity contribution in [2.45, 2.75) is 50.2 Å². The second-order valence-electron chi connectivity index (χ2n) is 12.6. The van der Waals surface area contributed by atoms with E-state index in [1.165, 1.54) is 6.21 Å². The highest BCUT2D eigenvalue weighted by molar-refractivity contribution is 6.10. The van der Waals surface area contributed by atoms with Gasteiger partial charge in [0.2, 0.25) is 5.91 Å². The van der Waals surface area contributed by atoms with E-state index in [1.807, 2.05) is 59.5 Å². The molecule has 2 aliphatic carbocycles. The molecule has 0 aromatic heterocycles. The molecule has 0 bridgehead atoms. The number of carbonyl (C=O) groups excluding carboxylic acids is 1. The molecular weight excluding hydrogens is 524 g/mol. The van der Waals surface area contributed by atoms with Gasteiger partial charge in [0.25, 0.3) is 0 Å². The maximum absolute atomic E-state index is 14.3. The van der Waals surface area contributed by atoms with Crippen molar-refractivity contribution in [3.05, 3.63) is 89.5 Å². The predicted molar refractivity (Wildman–Crippen MR) is 167 cm³/mol. The highest BCUT2D eigenvalue weighted by atomic mass is 16.5. The Morgan fingerprint density at radius 1 is 1.07 bits per heavy atom. The van der Waals surface area contributed by atoms with Crippen molar-refractivity contribution < 1.29 is 14.3 Å². The summed E-state index contributed by atoms with van der Waals surface area (Å²) in [7, 11) is 3.84. The second kappa shape index (κ2) is 10.3. The van der Waals surface area contributed by atoms with Crippen LogP contribution in [0.4, 0.5) is 11.4 Å². The monoisotopic (exact) mass is 562 g/mol. The van der Waals surface area contributed by atoms with E-state index in [0.717, 1.165) is 90.5 Å². The van der Waals surface area contributed by atoms with Gasteiger partial charge >= 0.3 is 0 Å². The first-order valence-electron chi connectivity index (χ1n) is 14.9. The molecule has 7 rings (SSSR count). The molecule has 2 saturated carbocycles. The Labute approximate surface area is 247 Å². The van der Waals surface area contributed by atoms with Crippen LogP contribution in [0, 0.1) is 10.8 Å². The smallest absolute Gasteiger partial charge is 0.238 e. The third-order valence-corrected chi connectivity index (χ3v) is 9.66. The van der Waals surface area contributed by atoms with E-state index in [-0.39, 0.29) is 12.0 Å². The molecule has 3 aromatic rings. The first-order valence-corrected chi connectivity index (χ1v) is 14.9. The van der Waals surface area contributed by atoms with Gasteiger partial charge in [0.1, 0.15) is 17.6 Å². The number of nitrogens with zero attached hydrogens (tertiary/aromatic N) is 2. The molecular formula is C35H38N4O3. The van der Waals surface area contributed by atoms with Gasteiger partial charge < -0.3 is 30.0 Å². The van der Waals surface area contributed by atoms with Crippen LogP contribution in [0.5, 0.6) is 11.5 Å². The summed E-state index contributed by atoms with van der Waals surface area (Å²) in [6, 6.07) is 22.2. The van der Waals surface area contributed by atoms with Crippen molar-refractivity contribution in [1.29, 1.82) is 5.41 Å². The van der Waals surface area contributed by atoms with Crippen LogP contribution in [-0.2, 0) is 16.8 Å². The number of anilines is 2. The molecule has 1 saturated heterocycles. The molecule has 1 amide bonds. The fraction of sp³-hybridized carbons (Fsp3) is 0.371. The van der Waals surface area contributed by atoms with E-state index in [0.29, 0.717) is 12.0 Å². The lowest BCUT2D eigenvalue weighted by atomic mass is 9.62. The summed E-state index contributed by atoms with van der Waals surface area (Å²) in [5.41, 5.74) is 5.58. The molecule has 0 radical (unpaired) electrons. The zero-order chi connectivity index (χ0) is 28.9. The van der Waals surface area contributed by atoms with E-state index in [2.05, 4.69) is 29.4 Å². The molecule has 3 aromatic carbocycles. The number of amides is 1. The predicted octanol–water partition coefficient (Wildman–Crippen LogP) is 6.24. The standard InChI is InChI=1S/C35H38N4O3/c1-38-22-34(23-38)19-28(20-34)42-31-18-25(30(13-16-36)37-26-7-4-3-5-8-26)17-29-32(31)39(33(40)35(29)14-6-15-35)21-24-9-11-27(41-2)12-10-24/h3-5,7-13,16-18,28,36-37H,6,14-15,19-23H2,1-2H3/b30-13-,36-16?. The van der Waals surface area contributed by atoms with E-state index < -0.39 is 5.41 Å². The lowest BCUT2D eigenvalue weighted by molar-refractivity contribution is -0.126. The van der Waals surface area contributed by atoms with Gasteiger partial charge in [-0.25, -0.2) is 0 Å². The maximum atomic E-state index is 14.3. The van der Waals surface area contributed by atoms with Crippen LogP contribution in [0.2, 0.25) is 0 Å². The number of rotatable bonds is 9. The highest BCUT2D eigenvalue weighted by Crippen LogP contribution is 2.58.